The number of hydrogen-bond acceptors (Lipinski definition) is 6. The summed E-state index contributed by atoms with van der Waals surface area (Å²) in [6.07, 6.45) is 4.53. The van der Waals surface area contributed by atoms with Crippen LogP contribution in [0.25, 0.3) is 0 Å². The topological polar surface area (TPSA) is 74.5 Å². The first-order valence-corrected chi connectivity index (χ1v) is 8.60. The third kappa shape index (κ3) is 5.11. The van der Waals surface area contributed by atoms with Crippen LogP contribution in [-0.2, 0) is 17.9 Å². The van der Waals surface area contributed by atoms with Crippen LogP contribution in [-0.4, -0.2) is 58.4 Å². The summed E-state index contributed by atoms with van der Waals surface area (Å²) in [5.74, 6) is 1.62. The van der Waals surface area contributed by atoms with Crippen molar-refractivity contribution in [3.8, 4) is 0 Å². The summed E-state index contributed by atoms with van der Waals surface area (Å²) in [4.78, 5) is 25.0. The summed E-state index contributed by atoms with van der Waals surface area (Å²) in [7, 11) is 2.08. The summed E-state index contributed by atoms with van der Waals surface area (Å²) in [6, 6.07) is 6.11. The van der Waals surface area contributed by atoms with Gasteiger partial charge in [-0.3, -0.25) is 19.6 Å². The lowest BCUT2D eigenvalue weighted by Crippen LogP contribution is -2.38. The molecule has 0 spiro atoms. The van der Waals surface area contributed by atoms with Crippen LogP contribution in [0.4, 0.5) is 0 Å². The minimum Gasteiger partial charge on any atom is -0.445 e. The molecule has 25 heavy (non-hydrogen) atoms. The maximum Gasteiger partial charge on any atom is 0.234 e. The van der Waals surface area contributed by atoms with Crippen molar-refractivity contribution < 1.29 is 9.21 Å². The van der Waals surface area contributed by atoms with Crippen molar-refractivity contribution in [1.29, 1.82) is 0 Å². The molecule has 0 aromatic carbocycles. The lowest BCUT2D eigenvalue weighted by molar-refractivity contribution is -0.122. The Hall–Kier alpha value is -2.25. The van der Waals surface area contributed by atoms with Gasteiger partial charge in [0.15, 0.2) is 0 Å². The first-order valence-electron chi connectivity index (χ1n) is 8.60. The number of likely N-dealkylation sites (N-methyl/N-ethyl adjacent to an activating group) is 1. The Bertz CT molecular complexity index is 688. The summed E-state index contributed by atoms with van der Waals surface area (Å²) < 4.78 is 5.54. The van der Waals surface area contributed by atoms with Gasteiger partial charge in [-0.2, -0.15) is 0 Å². The van der Waals surface area contributed by atoms with Crippen molar-refractivity contribution in [2.45, 2.75) is 32.5 Å². The highest BCUT2D eigenvalue weighted by Gasteiger charge is 2.27. The number of aromatic nitrogens is 2. The summed E-state index contributed by atoms with van der Waals surface area (Å²) in [6.45, 7) is 5.30. The van der Waals surface area contributed by atoms with Gasteiger partial charge in [0.25, 0.3) is 0 Å². The molecule has 2 aromatic heterocycles. The fourth-order valence-corrected chi connectivity index (χ4v) is 3.08. The Morgan fingerprint density at radius 1 is 1.44 bits per heavy atom. The van der Waals surface area contributed by atoms with E-state index < -0.39 is 0 Å². The molecular weight excluding hydrogens is 318 g/mol. The largest absolute Gasteiger partial charge is 0.445 e. The van der Waals surface area contributed by atoms with E-state index >= 15 is 0 Å². The third-order valence-corrected chi connectivity index (χ3v) is 4.48. The zero-order valence-electron chi connectivity index (χ0n) is 14.8. The van der Waals surface area contributed by atoms with E-state index in [2.05, 4.69) is 32.1 Å². The van der Waals surface area contributed by atoms with Gasteiger partial charge in [0.2, 0.25) is 11.8 Å². The third-order valence-electron chi connectivity index (χ3n) is 4.48. The molecule has 134 valence electrons. The number of oxazole rings is 1. The number of likely N-dealkylation sites (tertiary alicyclic amines) is 1. The Labute approximate surface area is 148 Å². The number of carbonyl (C=O) groups excluding carboxylic acids is 1. The molecule has 7 nitrogen and oxygen atoms in total. The van der Waals surface area contributed by atoms with Gasteiger partial charge in [0.05, 0.1) is 31.5 Å². The maximum absolute atomic E-state index is 12.1. The van der Waals surface area contributed by atoms with Crippen LogP contribution < -0.4 is 5.32 Å². The normalized spacial score (nSPS) is 18.0. The number of hydrogen-bond donors (Lipinski definition) is 1. The van der Waals surface area contributed by atoms with E-state index in [-0.39, 0.29) is 5.91 Å². The fraction of sp³-hybridized carbons (Fsp3) is 0.500. The minimum atomic E-state index is 0.0392. The number of pyridine rings is 1. The van der Waals surface area contributed by atoms with Crippen LogP contribution in [0.2, 0.25) is 0 Å². The van der Waals surface area contributed by atoms with Gasteiger partial charge in [0.1, 0.15) is 5.76 Å². The van der Waals surface area contributed by atoms with Gasteiger partial charge in [-0.1, -0.05) is 6.07 Å². The van der Waals surface area contributed by atoms with Gasteiger partial charge < -0.3 is 9.73 Å². The van der Waals surface area contributed by atoms with Crippen molar-refractivity contribution in [2.24, 2.45) is 0 Å². The first-order chi connectivity index (χ1) is 12.1. The molecular formula is C18H25N5O2. The first kappa shape index (κ1) is 17.6. The quantitative estimate of drug-likeness (QED) is 0.814. The van der Waals surface area contributed by atoms with Crippen molar-refractivity contribution >= 4 is 5.91 Å². The molecule has 3 heterocycles. The smallest absolute Gasteiger partial charge is 0.234 e. The molecule has 2 aromatic rings. The van der Waals surface area contributed by atoms with Crippen molar-refractivity contribution in [2.75, 3.05) is 26.7 Å². The lowest BCUT2D eigenvalue weighted by atomic mass is 10.2. The molecule has 1 fully saturated rings. The van der Waals surface area contributed by atoms with Crippen molar-refractivity contribution in [3.05, 3.63) is 47.9 Å². The monoisotopic (exact) mass is 343 g/mol. The molecule has 1 aliphatic heterocycles. The van der Waals surface area contributed by atoms with Gasteiger partial charge in [-0.15, -0.1) is 0 Å². The van der Waals surface area contributed by atoms with Crippen molar-refractivity contribution in [1.82, 2.24) is 25.1 Å². The second-order valence-electron chi connectivity index (χ2n) is 6.56. The van der Waals surface area contributed by atoms with Gasteiger partial charge in [0, 0.05) is 25.3 Å². The Morgan fingerprint density at radius 2 is 2.32 bits per heavy atom. The van der Waals surface area contributed by atoms with Crippen LogP contribution in [0.5, 0.6) is 0 Å². The van der Waals surface area contributed by atoms with E-state index in [9.17, 15) is 4.79 Å². The molecule has 0 unspecified atom stereocenters. The maximum atomic E-state index is 12.1. The van der Waals surface area contributed by atoms with Gasteiger partial charge in [-0.25, -0.2) is 4.98 Å². The van der Waals surface area contributed by atoms with E-state index in [0.29, 0.717) is 25.7 Å². The molecule has 1 amide bonds. The number of rotatable bonds is 7. The van der Waals surface area contributed by atoms with Crippen LogP contribution in [0.1, 0.15) is 23.8 Å². The lowest BCUT2D eigenvalue weighted by Gasteiger charge is -2.23. The summed E-state index contributed by atoms with van der Waals surface area (Å²) >= 11 is 0. The van der Waals surface area contributed by atoms with E-state index in [1.165, 1.54) is 0 Å². The fourth-order valence-electron chi connectivity index (χ4n) is 3.08. The van der Waals surface area contributed by atoms with E-state index in [1.807, 2.05) is 25.1 Å². The predicted molar refractivity (Wildman–Crippen MR) is 93.6 cm³/mol. The second kappa shape index (κ2) is 8.22. The molecule has 3 rings (SSSR count). The molecule has 1 saturated heterocycles. The second-order valence-corrected chi connectivity index (χ2v) is 6.56. The highest BCUT2D eigenvalue weighted by atomic mass is 16.4. The molecule has 0 radical (unpaired) electrons. The average Bonchev–Trinajstić information content (AvgIpc) is 3.23. The molecule has 0 bridgehead atoms. The molecule has 7 heteroatoms. The van der Waals surface area contributed by atoms with Crippen LogP contribution in [0, 0.1) is 6.92 Å². The number of carbonyl (C=O) groups is 1. The number of aryl methyl sites for hydroxylation is 1. The van der Waals surface area contributed by atoms with Gasteiger partial charge in [-0.05, 0) is 32.5 Å². The van der Waals surface area contributed by atoms with E-state index in [4.69, 9.17) is 4.42 Å². The highest BCUT2D eigenvalue weighted by molar-refractivity contribution is 5.78. The Morgan fingerprint density at radius 3 is 3.04 bits per heavy atom. The SMILES string of the molecule is Cc1cnc(CN(C)[C@@H]2CCN(CC(=O)NCc3ccccn3)C2)o1. The average molecular weight is 343 g/mol. The van der Waals surface area contributed by atoms with Crippen LogP contribution in [0.3, 0.4) is 0 Å². The number of amides is 1. The molecule has 0 aliphatic carbocycles. The number of nitrogens with zero attached hydrogens (tertiary/aromatic N) is 4. The standard InChI is InChI=1S/C18H25N5O2/c1-14-9-21-18(25-14)13-22(2)16-6-8-23(11-16)12-17(24)20-10-15-5-3-4-7-19-15/h3-5,7,9,16H,6,8,10-13H2,1-2H3,(H,20,24)/t16-/m1/s1. The van der Waals surface area contributed by atoms with Crippen LogP contribution in [0.15, 0.2) is 35.0 Å². The molecule has 1 aliphatic rings. The van der Waals surface area contributed by atoms with Crippen LogP contribution >= 0.6 is 0 Å². The molecule has 1 atom stereocenters. The minimum absolute atomic E-state index is 0.0392. The van der Waals surface area contributed by atoms with E-state index in [1.54, 1.807) is 12.4 Å². The highest BCUT2D eigenvalue weighted by Crippen LogP contribution is 2.16. The Kier molecular flexibility index (Phi) is 5.78. The zero-order chi connectivity index (χ0) is 17.6. The summed E-state index contributed by atoms with van der Waals surface area (Å²) in [5.41, 5.74) is 0.871. The van der Waals surface area contributed by atoms with Gasteiger partial charge >= 0.3 is 0 Å². The molecule has 1 N–H and O–H groups in total. The Balaban J connectivity index is 1.40. The number of nitrogens with one attached hydrogen (secondary N) is 1. The predicted octanol–water partition coefficient (Wildman–Crippen LogP) is 1.20. The molecule has 0 saturated carbocycles. The summed E-state index contributed by atoms with van der Waals surface area (Å²) in [5, 5.41) is 2.93. The van der Waals surface area contributed by atoms with Crippen molar-refractivity contribution in [3.63, 3.8) is 0 Å². The van der Waals surface area contributed by atoms with E-state index in [0.717, 1.165) is 36.9 Å². The zero-order valence-corrected chi connectivity index (χ0v) is 14.8.